The lowest BCUT2D eigenvalue weighted by Crippen LogP contribution is -2.39. The van der Waals surface area contributed by atoms with Crippen LogP contribution in [0.2, 0.25) is 0 Å². The number of benzene rings is 1. The fourth-order valence-electron chi connectivity index (χ4n) is 3.04. The predicted molar refractivity (Wildman–Crippen MR) is 84.2 cm³/mol. The van der Waals surface area contributed by atoms with E-state index in [1.807, 2.05) is 44.1 Å². The molecule has 1 fully saturated rings. The van der Waals surface area contributed by atoms with Gasteiger partial charge in [0.1, 0.15) is 0 Å². The Morgan fingerprint density at radius 2 is 1.90 bits per heavy atom. The molecule has 0 spiro atoms. The molecule has 0 radical (unpaired) electrons. The lowest BCUT2D eigenvalue weighted by atomic mass is 9.86. The molecule has 20 heavy (non-hydrogen) atoms. The highest BCUT2D eigenvalue weighted by Crippen LogP contribution is 2.28. The summed E-state index contributed by atoms with van der Waals surface area (Å²) in [4.78, 5) is 14.7. The summed E-state index contributed by atoms with van der Waals surface area (Å²) >= 11 is 0. The molecule has 2 rings (SSSR count). The summed E-state index contributed by atoms with van der Waals surface area (Å²) < 4.78 is 0. The molecule has 3 nitrogen and oxygen atoms in total. The van der Waals surface area contributed by atoms with Gasteiger partial charge in [0, 0.05) is 25.8 Å². The second kappa shape index (κ2) is 6.29. The van der Waals surface area contributed by atoms with E-state index in [0.29, 0.717) is 6.04 Å². The standard InChI is InChI=1S/C17H26N2O/c1-12-5-8-14(9-6-12)19(4)17(20)15-11-13(2)7-10-16(15)18-3/h7,10-12,14,18H,5-6,8-9H2,1-4H3. The van der Waals surface area contributed by atoms with Crippen molar-refractivity contribution in [1.29, 1.82) is 0 Å². The SMILES string of the molecule is CNc1ccc(C)cc1C(=O)N(C)C1CCC(C)CC1. The molecule has 0 unspecified atom stereocenters. The van der Waals surface area contributed by atoms with Crippen LogP contribution in [-0.4, -0.2) is 30.9 Å². The Labute approximate surface area is 122 Å². The van der Waals surface area contributed by atoms with Crippen LogP contribution in [0.5, 0.6) is 0 Å². The molecule has 0 bridgehead atoms. The lowest BCUT2D eigenvalue weighted by molar-refractivity contribution is 0.0680. The summed E-state index contributed by atoms with van der Waals surface area (Å²) in [5.41, 5.74) is 2.82. The third kappa shape index (κ3) is 3.14. The fraction of sp³-hybridized carbons (Fsp3) is 0.588. The third-order valence-corrected chi connectivity index (χ3v) is 4.53. The lowest BCUT2D eigenvalue weighted by Gasteiger charge is -2.34. The van der Waals surface area contributed by atoms with E-state index in [1.54, 1.807) is 0 Å². The van der Waals surface area contributed by atoms with Gasteiger partial charge in [-0.2, -0.15) is 0 Å². The van der Waals surface area contributed by atoms with E-state index in [2.05, 4.69) is 12.2 Å². The van der Waals surface area contributed by atoms with Crippen LogP contribution in [0.15, 0.2) is 18.2 Å². The van der Waals surface area contributed by atoms with Gasteiger partial charge in [0.2, 0.25) is 0 Å². The molecule has 1 aliphatic carbocycles. The predicted octanol–water partition coefficient (Wildman–Crippen LogP) is 3.69. The Kier molecular flexibility index (Phi) is 4.69. The molecule has 1 aromatic carbocycles. The molecule has 1 N–H and O–H groups in total. The minimum absolute atomic E-state index is 0.137. The Bertz CT molecular complexity index is 476. The van der Waals surface area contributed by atoms with Crippen LogP contribution in [0.4, 0.5) is 5.69 Å². The number of carbonyl (C=O) groups is 1. The highest BCUT2D eigenvalue weighted by molar-refractivity contribution is 5.99. The number of nitrogens with one attached hydrogen (secondary N) is 1. The Balaban J connectivity index is 2.16. The second-order valence-electron chi connectivity index (χ2n) is 6.13. The van der Waals surface area contributed by atoms with Crippen LogP contribution in [0.3, 0.4) is 0 Å². The maximum absolute atomic E-state index is 12.7. The third-order valence-electron chi connectivity index (χ3n) is 4.53. The molecule has 0 aromatic heterocycles. The summed E-state index contributed by atoms with van der Waals surface area (Å²) in [6.45, 7) is 4.33. The molecule has 1 aliphatic rings. The van der Waals surface area contributed by atoms with Gasteiger partial charge in [-0.1, -0.05) is 18.6 Å². The number of carbonyl (C=O) groups excluding carboxylic acids is 1. The minimum Gasteiger partial charge on any atom is -0.387 e. The van der Waals surface area contributed by atoms with Gasteiger partial charge in [0.25, 0.3) is 5.91 Å². The van der Waals surface area contributed by atoms with Crippen molar-refractivity contribution in [1.82, 2.24) is 4.90 Å². The van der Waals surface area contributed by atoms with E-state index in [9.17, 15) is 4.79 Å². The topological polar surface area (TPSA) is 32.3 Å². The molecule has 0 saturated heterocycles. The van der Waals surface area contributed by atoms with Crippen molar-refractivity contribution in [2.75, 3.05) is 19.4 Å². The molecule has 1 saturated carbocycles. The number of anilines is 1. The van der Waals surface area contributed by atoms with Crippen molar-refractivity contribution in [3.8, 4) is 0 Å². The van der Waals surface area contributed by atoms with Crippen LogP contribution >= 0.6 is 0 Å². The number of nitrogens with zero attached hydrogens (tertiary/aromatic N) is 1. The molecule has 1 amide bonds. The van der Waals surface area contributed by atoms with Gasteiger partial charge in [-0.05, 0) is 50.7 Å². The number of hydrogen-bond acceptors (Lipinski definition) is 2. The normalized spacial score (nSPS) is 22.4. The summed E-state index contributed by atoms with van der Waals surface area (Å²) in [6.07, 6.45) is 4.72. The summed E-state index contributed by atoms with van der Waals surface area (Å²) in [7, 11) is 3.81. The van der Waals surface area contributed by atoms with E-state index in [-0.39, 0.29) is 5.91 Å². The molecule has 1 aromatic rings. The van der Waals surface area contributed by atoms with Crippen LogP contribution in [0.25, 0.3) is 0 Å². The number of aryl methyl sites for hydroxylation is 1. The van der Waals surface area contributed by atoms with Gasteiger partial charge in [-0.25, -0.2) is 0 Å². The van der Waals surface area contributed by atoms with Gasteiger partial charge < -0.3 is 10.2 Å². The molecule has 0 heterocycles. The van der Waals surface area contributed by atoms with Crippen molar-refractivity contribution >= 4 is 11.6 Å². The zero-order chi connectivity index (χ0) is 14.7. The molecule has 0 atom stereocenters. The van der Waals surface area contributed by atoms with Gasteiger partial charge >= 0.3 is 0 Å². The first-order chi connectivity index (χ1) is 9.52. The van der Waals surface area contributed by atoms with Crippen molar-refractivity contribution in [3.63, 3.8) is 0 Å². The average molecular weight is 274 g/mol. The first kappa shape index (κ1) is 14.9. The van der Waals surface area contributed by atoms with Gasteiger partial charge in [0.05, 0.1) is 5.56 Å². The van der Waals surface area contributed by atoms with Crippen LogP contribution in [0, 0.1) is 12.8 Å². The highest BCUT2D eigenvalue weighted by Gasteiger charge is 2.26. The Hall–Kier alpha value is -1.51. The quantitative estimate of drug-likeness (QED) is 0.911. The second-order valence-corrected chi connectivity index (χ2v) is 6.13. The maximum atomic E-state index is 12.7. The zero-order valence-corrected chi connectivity index (χ0v) is 13.1. The Morgan fingerprint density at radius 3 is 2.50 bits per heavy atom. The van der Waals surface area contributed by atoms with Gasteiger partial charge in [-0.15, -0.1) is 0 Å². The molecule has 0 aliphatic heterocycles. The summed E-state index contributed by atoms with van der Waals surface area (Å²) in [5.74, 6) is 0.944. The molecule has 110 valence electrons. The van der Waals surface area contributed by atoms with Crippen LogP contribution < -0.4 is 5.32 Å². The molecule has 3 heteroatoms. The van der Waals surface area contributed by atoms with Crippen molar-refractivity contribution in [2.24, 2.45) is 5.92 Å². The maximum Gasteiger partial charge on any atom is 0.255 e. The highest BCUT2D eigenvalue weighted by atomic mass is 16.2. The first-order valence-corrected chi connectivity index (χ1v) is 7.58. The van der Waals surface area contributed by atoms with Crippen molar-refractivity contribution in [2.45, 2.75) is 45.6 Å². The smallest absolute Gasteiger partial charge is 0.255 e. The van der Waals surface area contributed by atoms with Crippen molar-refractivity contribution < 1.29 is 4.79 Å². The van der Waals surface area contributed by atoms with E-state index in [4.69, 9.17) is 0 Å². The largest absolute Gasteiger partial charge is 0.387 e. The number of hydrogen-bond donors (Lipinski definition) is 1. The number of amides is 1. The van der Waals surface area contributed by atoms with E-state index in [1.165, 1.54) is 12.8 Å². The van der Waals surface area contributed by atoms with E-state index in [0.717, 1.165) is 35.6 Å². The van der Waals surface area contributed by atoms with Gasteiger partial charge in [0.15, 0.2) is 0 Å². The summed E-state index contributed by atoms with van der Waals surface area (Å²) in [5, 5.41) is 3.12. The van der Waals surface area contributed by atoms with E-state index < -0.39 is 0 Å². The van der Waals surface area contributed by atoms with Crippen molar-refractivity contribution in [3.05, 3.63) is 29.3 Å². The Morgan fingerprint density at radius 1 is 1.25 bits per heavy atom. The zero-order valence-electron chi connectivity index (χ0n) is 13.1. The fourth-order valence-corrected chi connectivity index (χ4v) is 3.04. The molecular weight excluding hydrogens is 248 g/mol. The van der Waals surface area contributed by atoms with E-state index >= 15 is 0 Å². The summed E-state index contributed by atoms with van der Waals surface area (Å²) in [6, 6.07) is 6.39. The minimum atomic E-state index is 0.137. The first-order valence-electron chi connectivity index (χ1n) is 7.58. The van der Waals surface area contributed by atoms with Gasteiger partial charge in [-0.3, -0.25) is 4.79 Å². The number of rotatable bonds is 3. The average Bonchev–Trinajstić information content (AvgIpc) is 2.46. The van der Waals surface area contributed by atoms with Crippen LogP contribution in [0.1, 0.15) is 48.5 Å². The molecular formula is C17H26N2O. The monoisotopic (exact) mass is 274 g/mol. The van der Waals surface area contributed by atoms with Crippen LogP contribution in [-0.2, 0) is 0 Å².